The van der Waals surface area contributed by atoms with E-state index in [0.717, 1.165) is 0 Å². The van der Waals surface area contributed by atoms with Crippen LogP contribution < -0.4 is 0 Å². The highest BCUT2D eigenvalue weighted by atomic mass is 16.8. The highest BCUT2D eigenvalue weighted by molar-refractivity contribution is 4.91. The lowest BCUT2D eigenvalue weighted by molar-refractivity contribution is -0.225. The van der Waals surface area contributed by atoms with Crippen LogP contribution in [0.4, 0.5) is 0 Å². The Kier molecular flexibility index (Phi) is 2.08. The third-order valence-corrected chi connectivity index (χ3v) is 2.26. The maximum Gasteiger partial charge on any atom is 0.184 e. The Morgan fingerprint density at radius 2 is 1.77 bits per heavy atom. The van der Waals surface area contributed by atoms with Gasteiger partial charge < -0.3 is 24.4 Å². The van der Waals surface area contributed by atoms with Crippen LogP contribution in [-0.2, 0) is 14.2 Å². The maximum atomic E-state index is 9.49. The molecular weight excluding hydrogens is 176 g/mol. The number of fused-ring (bicyclic) bond motifs is 1. The molecule has 2 rings (SSSR count). The predicted octanol–water partition coefficient (Wildman–Crippen LogP) is -0.784. The molecule has 2 unspecified atom stereocenters. The van der Waals surface area contributed by atoms with Gasteiger partial charge in [0.25, 0.3) is 0 Å². The fraction of sp³-hybridized carbons (Fsp3) is 1.00. The van der Waals surface area contributed by atoms with E-state index in [2.05, 4.69) is 0 Å². The van der Waals surface area contributed by atoms with Crippen LogP contribution in [0.2, 0.25) is 0 Å². The Balaban J connectivity index is 2.14. The van der Waals surface area contributed by atoms with Crippen LogP contribution >= 0.6 is 0 Å². The van der Waals surface area contributed by atoms with Gasteiger partial charge in [-0.15, -0.1) is 0 Å². The zero-order valence-electron chi connectivity index (χ0n) is 7.64. The van der Waals surface area contributed by atoms with E-state index >= 15 is 0 Å². The van der Waals surface area contributed by atoms with Gasteiger partial charge in [0.15, 0.2) is 12.1 Å². The number of aliphatic hydroxyl groups excluding tert-OH is 2. The first kappa shape index (κ1) is 9.36. The summed E-state index contributed by atoms with van der Waals surface area (Å²) in [4.78, 5) is 0. The largest absolute Gasteiger partial charge is 0.388 e. The van der Waals surface area contributed by atoms with E-state index in [4.69, 9.17) is 14.2 Å². The summed E-state index contributed by atoms with van der Waals surface area (Å²) in [6.07, 6.45) is -2.80. The summed E-state index contributed by atoms with van der Waals surface area (Å²) < 4.78 is 15.7. The average molecular weight is 190 g/mol. The summed E-state index contributed by atoms with van der Waals surface area (Å²) in [7, 11) is 0. The number of hydrogen-bond donors (Lipinski definition) is 2. The monoisotopic (exact) mass is 190 g/mol. The second-order valence-electron chi connectivity index (χ2n) is 3.86. The average Bonchev–Trinajstić information content (AvgIpc) is 2.35. The van der Waals surface area contributed by atoms with Crippen molar-refractivity contribution in [3.63, 3.8) is 0 Å². The van der Waals surface area contributed by atoms with Crippen LogP contribution in [0.25, 0.3) is 0 Å². The third kappa shape index (κ3) is 1.58. The van der Waals surface area contributed by atoms with E-state index in [9.17, 15) is 10.2 Å². The topological polar surface area (TPSA) is 68.2 Å². The lowest BCUT2D eigenvalue weighted by Gasteiger charge is -2.31. The molecule has 5 heteroatoms. The van der Waals surface area contributed by atoms with Gasteiger partial charge in [-0.05, 0) is 13.8 Å². The molecule has 4 atom stereocenters. The Bertz CT molecular complexity index is 185. The molecule has 0 radical (unpaired) electrons. The molecule has 2 fully saturated rings. The van der Waals surface area contributed by atoms with Gasteiger partial charge in [-0.3, -0.25) is 0 Å². The Hall–Kier alpha value is -0.200. The standard InChI is InChI=1S/C8H14O5/c1-8(2)12-5-4(9)3-11-7(10)6(5)13-8/h4-7,9-10H,3H2,1-2H3/t4-,5?,6?,7+/m0/s1. The lowest BCUT2D eigenvalue weighted by atomic mass is 10.1. The van der Waals surface area contributed by atoms with Gasteiger partial charge in [0.2, 0.25) is 0 Å². The molecule has 76 valence electrons. The van der Waals surface area contributed by atoms with Crippen molar-refractivity contribution in [3.05, 3.63) is 0 Å². The molecule has 0 aliphatic carbocycles. The minimum absolute atomic E-state index is 0.0851. The second kappa shape index (κ2) is 2.90. The van der Waals surface area contributed by atoms with E-state index in [-0.39, 0.29) is 6.61 Å². The van der Waals surface area contributed by atoms with E-state index in [1.165, 1.54) is 0 Å². The molecular formula is C8H14O5. The number of hydrogen-bond acceptors (Lipinski definition) is 5. The zero-order valence-corrected chi connectivity index (χ0v) is 7.64. The Morgan fingerprint density at radius 1 is 1.15 bits per heavy atom. The van der Waals surface area contributed by atoms with Crippen LogP contribution in [0.15, 0.2) is 0 Å². The van der Waals surface area contributed by atoms with Crippen molar-refractivity contribution < 1.29 is 24.4 Å². The van der Waals surface area contributed by atoms with Gasteiger partial charge in [-0.2, -0.15) is 0 Å². The minimum Gasteiger partial charge on any atom is -0.388 e. The minimum atomic E-state index is -1.00. The number of aliphatic hydroxyl groups is 2. The first-order valence-electron chi connectivity index (χ1n) is 4.33. The molecule has 0 amide bonds. The molecule has 13 heavy (non-hydrogen) atoms. The first-order valence-corrected chi connectivity index (χ1v) is 4.33. The number of rotatable bonds is 0. The number of ether oxygens (including phenoxy) is 3. The van der Waals surface area contributed by atoms with Crippen molar-refractivity contribution in [1.82, 2.24) is 0 Å². The summed E-state index contributed by atoms with van der Waals surface area (Å²) >= 11 is 0. The van der Waals surface area contributed by atoms with Gasteiger partial charge in [0, 0.05) is 0 Å². The zero-order chi connectivity index (χ0) is 9.64. The molecule has 0 spiro atoms. The third-order valence-electron chi connectivity index (χ3n) is 2.26. The van der Waals surface area contributed by atoms with Crippen molar-refractivity contribution in [2.45, 2.75) is 44.2 Å². The molecule has 0 aromatic rings. The van der Waals surface area contributed by atoms with Crippen molar-refractivity contribution >= 4 is 0 Å². The Morgan fingerprint density at radius 3 is 2.38 bits per heavy atom. The summed E-state index contributed by atoms with van der Waals surface area (Å²) in [5, 5.41) is 18.9. The SMILES string of the molecule is CC1(C)OC2C(O1)[C@@H](O)CO[C@H]2O. The van der Waals surface area contributed by atoms with Gasteiger partial charge in [0.05, 0.1) is 6.61 Å². The molecule has 2 N–H and O–H groups in total. The predicted molar refractivity (Wildman–Crippen MR) is 41.8 cm³/mol. The van der Waals surface area contributed by atoms with E-state index in [1.807, 2.05) is 0 Å². The summed E-state index contributed by atoms with van der Waals surface area (Å²) in [5.74, 6) is -0.759. The van der Waals surface area contributed by atoms with E-state index in [1.54, 1.807) is 13.8 Å². The van der Waals surface area contributed by atoms with Crippen molar-refractivity contribution in [1.29, 1.82) is 0 Å². The molecule has 0 saturated carbocycles. The van der Waals surface area contributed by atoms with Crippen LogP contribution in [0.3, 0.4) is 0 Å². The molecule has 0 aromatic carbocycles. The highest BCUT2D eigenvalue weighted by Crippen LogP contribution is 2.34. The molecule has 2 aliphatic rings. The van der Waals surface area contributed by atoms with E-state index in [0.29, 0.717) is 0 Å². The quantitative estimate of drug-likeness (QED) is 0.524. The first-order chi connectivity index (χ1) is 5.99. The summed E-state index contributed by atoms with van der Waals surface area (Å²) in [5.41, 5.74) is 0. The van der Waals surface area contributed by atoms with Crippen molar-refractivity contribution in [3.8, 4) is 0 Å². The van der Waals surface area contributed by atoms with Crippen LogP contribution in [-0.4, -0.2) is 47.2 Å². The molecule has 2 saturated heterocycles. The Labute approximate surface area is 76.2 Å². The van der Waals surface area contributed by atoms with Crippen LogP contribution in [0.1, 0.15) is 13.8 Å². The van der Waals surface area contributed by atoms with Crippen LogP contribution in [0, 0.1) is 0 Å². The van der Waals surface area contributed by atoms with Crippen molar-refractivity contribution in [2.75, 3.05) is 6.61 Å². The molecule has 0 bridgehead atoms. The van der Waals surface area contributed by atoms with Crippen molar-refractivity contribution in [2.24, 2.45) is 0 Å². The molecule has 2 heterocycles. The summed E-state index contributed by atoms with van der Waals surface area (Å²) in [6, 6.07) is 0. The smallest absolute Gasteiger partial charge is 0.184 e. The normalized spacial score (nSPS) is 48.9. The molecule has 5 nitrogen and oxygen atoms in total. The fourth-order valence-electron chi connectivity index (χ4n) is 1.72. The molecule has 0 aromatic heterocycles. The van der Waals surface area contributed by atoms with E-state index < -0.39 is 30.4 Å². The van der Waals surface area contributed by atoms with Gasteiger partial charge in [-0.25, -0.2) is 0 Å². The second-order valence-corrected chi connectivity index (χ2v) is 3.86. The van der Waals surface area contributed by atoms with Gasteiger partial charge >= 0.3 is 0 Å². The summed E-state index contributed by atoms with van der Waals surface area (Å²) in [6.45, 7) is 3.57. The fourth-order valence-corrected chi connectivity index (χ4v) is 1.72. The van der Waals surface area contributed by atoms with Gasteiger partial charge in [-0.1, -0.05) is 0 Å². The molecule has 2 aliphatic heterocycles. The van der Waals surface area contributed by atoms with Gasteiger partial charge in [0.1, 0.15) is 18.3 Å². The van der Waals surface area contributed by atoms with Crippen LogP contribution in [0.5, 0.6) is 0 Å². The lowest BCUT2D eigenvalue weighted by Crippen LogP contribution is -2.51. The maximum absolute atomic E-state index is 9.49. The highest BCUT2D eigenvalue weighted by Gasteiger charge is 2.51.